The molecule has 1 aromatic heterocycles. The van der Waals surface area contributed by atoms with E-state index < -0.39 is 0 Å². The van der Waals surface area contributed by atoms with E-state index in [0.29, 0.717) is 23.1 Å². The van der Waals surface area contributed by atoms with Crippen molar-refractivity contribution in [3.8, 4) is 5.69 Å². The Morgan fingerprint density at radius 3 is 2.32 bits per heavy atom. The van der Waals surface area contributed by atoms with Gasteiger partial charge in [-0.05, 0) is 61.7 Å². The second kappa shape index (κ2) is 6.97. The summed E-state index contributed by atoms with van der Waals surface area (Å²) in [7, 11) is 0. The lowest BCUT2D eigenvalue weighted by Gasteiger charge is -2.15. The minimum absolute atomic E-state index is 0.288. The lowest BCUT2D eigenvalue weighted by atomic mass is 10.1. The van der Waals surface area contributed by atoms with Crippen LogP contribution in [0.25, 0.3) is 16.6 Å². The summed E-state index contributed by atoms with van der Waals surface area (Å²) in [4.78, 5) is 26.6. The average molecular weight is 370 g/mol. The van der Waals surface area contributed by atoms with Crippen molar-refractivity contribution in [2.45, 2.75) is 27.3 Å². The van der Waals surface area contributed by atoms with E-state index in [1.54, 1.807) is 10.6 Å². The molecule has 0 bridgehead atoms. The molecule has 0 aliphatic carbocycles. The topological polar surface area (TPSA) is 44.0 Å². The van der Waals surface area contributed by atoms with Gasteiger partial charge >= 0.3 is 5.69 Å². The number of para-hydroxylation sites is 1. The molecule has 4 heteroatoms. The molecule has 0 spiro atoms. The zero-order chi connectivity index (χ0) is 19.8. The summed E-state index contributed by atoms with van der Waals surface area (Å²) in [5.41, 5.74) is 4.97. The number of nitrogens with zero attached hydrogens (tertiary/aromatic N) is 2. The van der Waals surface area contributed by atoms with E-state index in [9.17, 15) is 9.59 Å². The molecule has 140 valence electrons. The van der Waals surface area contributed by atoms with Gasteiger partial charge in [-0.2, -0.15) is 0 Å². The van der Waals surface area contributed by atoms with Crippen molar-refractivity contribution in [1.29, 1.82) is 0 Å². The van der Waals surface area contributed by atoms with E-state index in [0.717, 1.165) is 22.3 Å². The van der Waals surface area contributed by atoms with Crippen molar-refractivity contribution in [3.05, 3.63) is 110 Å². The molecule has 0 unspecified atom stereocenters. The van der Waals surface area contributed by atoms with Crippen molar-refractivity contribution < 1.29 is 0 Å². The van der Waals surface area contributed by atoms with Crippen molar-refractivity contribution in [3.63, 3.8) is 0 Å². The predicted octanol–water partition coefficient (Wildman–Crippen LogP) is 4.13. The summed E-state index contributed by atoms with van der Waals surface area (Å²) in [5, 5.41) is 0.535. The van der Waals surface area contributed by atoms with E-state index in [1.807, 2.05) is 75.4 Å². The van der Waals surface area contributed by atoms with Crippen LogP contribution >= 0.6 is 0 Å². The molecular formula is C24H22N2O2. The van der Waals surface area contributed by atoms with E-state index in [-0.39, 0.29) is 11.2 Å². The van der Waals surface area contributed by atoms with Crippen LogP contribution in [0, 0.1) is 20.8 Å². The molecule has 0 aliphatic rings. The third-order valence-corrected chi connectivity index (χ3v) is 5.22. The standard InChI is InChI=1S/C24H22N2O2/c1-16-7-6-8-19(13-16)15-25-22-10-5-4-9-21(22)23(27)26(24(25)28)20-12-11-17(2)18(3)14-20/h4-14H,15H2,1-3H3. The molecule has 0 amide bonds. The van der Waals surface area contributed by atoms with Gasteiger partial charge in [-0.3, -0.25) is 9.36 Å². The smallest absolute Gasteiger partial charge is 0.288 e. The fraction of sp³-hybridized carbons (Fsp3) is 0.167. The van der Waals surface area contributed by atoms with Crippen LogP contribution in [0.2, 0.25) is 0 Å². The summed E-state index contributed by atoms with van der Waals surface area (Å²) >= 11 is 0. The quantitative estimate of drug-likeness (QED) is 0.544. The van der Waals surface area contributed by atoms with E-state index in [2.05, 4.69) is 6.07 Å². The van der Waals surface area contributed by atoms with Crippen molar-refractivity contribution in [2.24, 2.45) is 0 Å². The Bertz CT molecular complexity index is 1310. The number of hydrogen-bond donors (Lipinski definition) is 0. The maximum Gasteiger partial charge on any atom is 0.336 e. The highest BCUT2D eigenvalue weighted by atomic mass is 16.2. The number of rotatable bonds is 3. The fourth-order valence-corrected chi connectivity index (χ4v) is 3.56. The fourth-order valence-electron chi connectivity index (χ4n) is 3.56. The Morgan fingerprint density at radius 2 is 1.57 bits per heavy atom. The first-order valence-electron chi connectivity index (χ1n) is 9.33. The molecule has 1 heterocycles. The molecular weight excluding hydrogens is 348 g/mol. The van der Waals surface area contributed by atoms with Crippen molar-refractivity contribution in [1.82, 2.24) is 9.13 Å². The third kappa shape index (κ3) is 3.07. The molecule has 4 rings (SSSR count). The highest BCUT2D eigenvalue weighted by Crippen LogP contribution is 2.15. The van der Waals surface area contributed by atoms with Crippen LogP contribution in [0.15, 0.2) is 76.3 Å². The van der Waals surface area contributed by atoms with Gasteiger partial charge in [-0.1, -0.05) is 48.0 Å². The molecule has 0 N–H and O–H groups in total. The number of aromatic nitrogens is 2. The average Bonchev–Trinajstić information content (AvgIpc) is 2.68. The van der Waals surface area contributed by atoms with E-state index in [4.69, 9.17) is 0 Å². The van der Waals surface area contributed by atoms with E-state index in [1.165, 1.54) is 4.57 Å². The second-order valence-electron chi connectivity index (χ2n) is 7.28. The molecule has 4 aromatic rings. The molecule has 4 nitrogen and oxygen atoms in total. The maximum atomic E-state index is 13.4. The monoisotopic (exact) mass is 370 g/mol. The second-order valence-corrected chi connectivity index (χ2v) is 7.28. The van der Waals surface area contributed by atoms with Crippen LogP contribution in [-0.2, 0) is 6.54 Å². The van der Waals surface area contributed by atoms with E-state index >= 15 is 0 Å². The Morgan fingerprint density at radius 1 is 0.786 bits per heavy atom. The SMILES string of the molecule is Cc1cccc(Cn2c(=O)n(-c3ccc(C)c(C)c3)c(=O)c3ccccc32)c1. The number of fused-ring (bicyclic) bond motifs is 1. The minimum atomic E-state index is -0.326. The molecule has 0 aliphatic heterocycles. The van der Waals surface area contributed by atoms with Gasteiger partial charge in [0.15, 0.2) is 0 Å². The summed E-state index contributed by atoms with van der Waals surface area (Å²) in [6.07, 6.45) is 0. The van der Waals surface area contributed by atoms with Crippen molar-refractivity contribution >= 4 is 10.9 Å². The zero-order valence-corrected chi connectivity index (χ0v) is 16.3. The maximum absolute atomic E-state index is 13.4. The van der Waals surface area contributed by atoms with Crippen LogP contribution in [0.4, 0.5) is 0 Å². The Hall–Kier alpha value is -3.40. The van der Waals surface area contributed by atoms with Gasteiger partial charge in [0.2, 0.25) is 0 Å². The predicted molar refractivity (Wildman–Crippen MR) is 114 cm³/mol. The summed E-state index contributed by atoms with van der Waals surface area (Å²) in [6.45, 7) is 6.43. The van der Waals surface area contributed by atoms with Gasteiger partial charge in [0, 0.05) is 0 Å². The van der Waals surface area contributed by atoms with Crippen LogP contribution in [0.3, 0.4) is 0 Å². The molecule has 0 saturated carbocycles. The molecule has 0 saturated heterocycles. The minimum Gasteiger partial charge on any atom is -0.288 e. The normalized spacial score (nSPS) is 11.1. The Labute approximate surface area is 163 Å². The highest BCUT2D eigenvalue weighted by Gasteiger charge is 2.15. The van der Waals surface area contributed by atoms with Crippen LogP contribution in [0.1, 0.15) is 22.3 Å². The lowest BCUT2D eigenvalue weighted by molar-refractivity contribution is 0.714. The Kier molecular flexibility index (Phi) is 4.47. The van der Waals surface area contributed by atoms with Crippen LogP contribution in [-0.4, -0.2) is 9.13 Å². The van der Waals surface area contributed by atoms with Gasteiger partial charge in [-0.25, -0.2) is 9.36 Å². The summed E-state index contributed by atoms with van der Waals surface area (Å²) in [6, 6.07) is 21.0. The molecule has 3 aromatic carbocycles. The zero-order valence-electron chi connectivity index (χ0n) is 16.3. The highest BCUT2D eigenvalue weighted by molar-refractivity contribution is 5.78. The van der Waals surface area contributed by atoms with Crippen molar-refractivity contribution in [2.75, 3.05) is 0 Å². The molecule has 0 fully saturated rings. The first-order chi connectivity index (χ1) is 13.5. The summed E-state index contributed by atoms with van der Waals surface area (Å²) < 4.78 is 2.96. The lowest BCUT2D eigenvalue weighted by Crippen LogP contribution is -2.39. The van der Waals surface area contributed by atoms with Crippen LogP contribution < -0.4 is 11.2 Å². The molecule has 0 radical (unpaired) electrons. The van der Waals surface area contributed by atoms with Gasteiger partial charge in [0.25, 0.3) is 5.56 Å². The number of hydrogen-bond acceptors (Lipinski definition) is 2. The largest absolute Gasteiger partial charge is 0.336 e. The third-order valence-electron chi connectivity index (χ3n) is 5.22. The molecule has 0 atom stereocenters. The molecule has 28 heavy (non-hydrogen) atoms. The summed E-state index contributed by atoms with van der Waals surface area (Å²) in [5.74, 6) is 0. The van der Waals surface area contributed by atoms with Gasteiger partial charge in [-0.15, -0.1) is 0 Å². The first kappa shape index (κ1) is 18.0. The number of benzene rings is 3. The van der Waals surface area contributed by atoms with Gasteiger partial charge in [0.05, 0.1) is 23.1 Å². The number of aryl methyl sites for hydroxylation is 3. The Balaban J connectivity index is 2.03. The van der Waals surface area contributed by atoms with Crippen LogP contribution in [0.5, 0.6) is 0 Å². The van der Waals surface area contributed by atoms with Gasteiger partial charge < -0.3 is 0 Å². The van der Waals surface area contributed by atoms with Gasteiger partial charge in [0.1, 0.15) is 0 Å². The first-order valence-corrected chi connectivity index (χ1v) is 9.33.